The van der Waals surface area contributed by atoms with E-state index in [1.54, 1.807) is 11.1 Å². The predicted octanol–water partition coefficient (Wildman–Crippen LogP) is 1.10. The van der Waals surface area contributed by atoms with Crippen molar-refractivity contribution in [2.75, 3.05) is 19.6 Å². The fourth-order valence-electron chi connectivity index (χ4n) is 2.32. The largest absolute Gasteiger partial charge is 0.391 e. The van der Waals surface area contributed by atoms with Gasteiger partial charge in [0.2, 0.25) is 0 Å². The number of aliphatic hydroxyl groups excluding tert-OH is 1. The van der Waals surface area contributed by atoms with Crippen molar-refractivity contribution in [3.63, 3.8) is 0 Å². The van der Waals surface area contributed by atoms with Crippen LogP contribution in [0.4, 0.5) is 4.79 Å². The van der Waals surface area contributed by atoms with Gasteiger partial charge in [0.1, 0.15) is 0 Å². The molecule has 0 saturated carbocycles. The Balaban J connectivity index is 1.76. The number of pyridine rings is 1. The van der Waals surface area contributed by atoms with Crippen LogP contribution >= 0.6 is 0 Å². The number of aryl methyl sites for hydroxylation is 1. The molecule has 0 bridgehead atoms. The molecule has 1 aliphatic rings. The molecule has 1 aliphatic heterocycles. The van der Waals surface area contributed by atoms with Gasteiger partial charge in [-0.3, -0.25) is 4.98 Å². The summed E-state index contributed by atoms with van der Waals surface area (Å²) in [5.41, 5.74) is 2.16. The lowest BCUT2D eigenvalue weighted by atomic mass is 10.1. The van der Waals surface area contributed by atoms with Crippen LogP contribution in [0.15, 0.2) is 18.3 Å². The Morgan fingerprint density at radius 2 is 2.47 bits per heavy atom. The highest BCUT2D eigenvalue weighted by Gasteiger charge is 2.21. The van der Waals surface area contributed by atoms with E-state index >= 15 is 0 Å². The molecular weight excluding hydrogens is 242 g/mol. The topological polar surface area (TPSA) is 65.5 Å². The summed E-state index contributed by atoms with van der Waals surface area (Å²) in [4.78, 5) is 17.9. The molecule has 0 spiro atoms. The number of hydrogen-bond acceptors (Lipinski definition) is 3. The molecule has 2 amide bonds. The summed E-state index contributed by atoms with van der Waals surface area (Å²) in [6, 6.07) is 3.84. The summed E-state index contributed by atoms with van der Waals surface area (Å²) in [7, 11) is 0. The highest BCUT2D eigenvalue weighted by molar-refractivity contribution is 5.74. The first kappa shape index (κ1) is 13.8. The third-order valence-corrected chi connectivity index (χ3v) is 3.44. The first-order valence-electron chi connectivity index (χ1n) is 6.78. The average molecular weight is 263 g/mol. The molecule has 1 atom stereocenters. The van der Waals surface area contributed by atoms with Gasteiger partial charge < -0.3 is 15.3 Å². The first-order valence-corrected chi connectivity index (χ1v) is 6.78. The standard InChI is InChI=1S/C14H21N3O2/c1-11-4-2-7-15-13(11)6-8-16-14(19)17-9-3-5-12(18)10-17/h2,4,7,12,18H,3,5-6,8-10H2,1H3,(H,16,19)/t12-/m0/s1. The van der Waals surface area contributed by atoms with E-state index in [4.69, 9.17) is 0 Å². The molecule has 5 nitrogen and oxygen atoms in total. The van der Waals surface area contributed by atoms with Gasteiger partial charge in [0.05, 0.1) is 6.10 Å². The minimum absolute atomic E-state index is 0.0904. The lowest BCUT2D eigenvalue weighted by molar-refractivity contribution is 0.0843. The average Bonchev–Trinajstić information content (AvgIpc) is 2.41. The number of nitrogens with one attached hydrogen (secondary N) is 1. The minimum Gasteiger partial charge on any atom is -0.391 e. The zero-order valence-electron chi connectivity index (χ0n) is 11.3. The van der Waals surface area contributed by atoms with Gasteiger partial charge in [-0.1, -0.05) is 6.07 Å². The van der Waals surface area contributed by atoms with Crippen molar-refractivity contribution < 1.29 is 9.90 Å². The van der Waals surface area contributed by atoms with Crippen LogP contribution < -0.4 is 5.32 Å². The van der Waals surface area contributed by atoms with Crippen molar-refractivity contribution in [1.82, 2.24) is 15.2 Å². The van der Waals surface area contributed by atoms with Crippen LogP contribution in [0.5, 0.6) is 0 Å². The molecule has 1 saturated heterocycles. The van der Waals surface area contributed by atoms with Gasteiger partial charge >= 0.3 is 6.03 Å². The zero-order valence-corrected chi connectivity index (χ0v) is 11.3. The molecule has 1 fully saturated rings. The van der Waals surface area contributed by atoms with Crippen LogP contribution in [-0.2, 0) is 6.42 Å². The van der Waals surface area contributed by atoms with E-state index in [1.807, 2.05) is 19.1 Å². The number of amides is 2. The quantitative estimate of drug-likeness (QED) is 0.858. The normalized spacial score (nSPS) is 19.3. The van der Waals surface area contributed by atoms with Crippen LogP contribution in [0.25, 0.3) is 0 Å². The monoisotopic (exact) mass is 263 g/mol. The van der Waals surface area contributed by atoms with Crippen molar-refractivity contribution in [3.8, 4) is 0 Å². The van der Waals surface area contributed by atoms with Gasteiger partial charge in [-0.15, -0.1) is 0 Å². The van der Waals surface area contributed by atoms with Crippen molar-refractivity contribution in [3.05, 3.63) is 29.6 Å². The summed E-state index contributed by atoms with van der Waals surface area (Å²) in [6.07, 6.45) is 3.78. The fourth-order valence-corrected chi connectivity index (χ4v) is 2.32. The summed E-state index contributed by atoms with van der Waals surface area (Å²) < 4.78 is 0. The maximum atomic E-state index is 11.9. The summed E-state index contributed by atoms with van der Waals surface area (Å²) >= 11 is 0. The Bertz CT molecular complexity index is 436. The van der Waals surface area contributed by atoms with Gasteiger partial charge in [-0.25, -0.2) is 4.79 Å². The number of nitrogens with zero attached hydrogens (tertiary/aromatic N) is 2. The molecule has 2 rings (SSSR count). The van der Waals surface area contributed by atoms with Crippen molar-refractivity contribution in [2.24, 2.45) is 0 Å². The molecule has 0 radical (unpaired) electrons. The number of rotatable bonds is 3. The zero-order chi connectivity index (χ0) is 13.7. The van der Waals surface area contributed by atoms with Gasteiger partial charge in [0.25, 0.3) is 0 Å². The molecule has 1 aromatic heterocycles. The Labute approximate surface area is 113 Å². The second kappa shape index (κ2) is 6.52. The summed E-state index contributed by atoms with van der Waals surface area (Å²) in [5.74, 6) is 0. The number of carbonyl (C=O) groups excluding carboxylic acids is 1. The fraction of sp³-hybridized carbons (Fsp3) is 0.571. The van der Waals surface area contributed by atoms with E-state index in [0.717, 1.165) is 37.1 Å². The number of piperidine rings is 1. The Morgan fingerprint density at radius 3 is 3.21 bits per heavy atom. The highest BCUT2D eigenvalue weighted by Crippen LogP contribution is 2.09. The second-order valence-corrected chi connectivity index (χ2v) is 4.99. The van der Waals surface area contributed by atoms with Crippen molar-refractivity contribution in [1.29, 1.82) is 0 Å². The van der Waals surface area contributed by atoms with Gasteiger partial charge in [0.15, 0.2) is 0 Å². The SMILES string of the molecule is Cc1cccnc1CCNC(=O)N1CCC[C@H](O)C1. The molecule has 0 aliphatic carbocycles. The number of hydrogen-bond donors (Lipinski definition) is 2. The van der Waals surface area contributed by atoms with Crippen molar-refractivity contribution >= 4 is 6.03 Å². The van der Waals surface area contributed by atoms with Crippen LogP contribution in [0.2, 0.25) is 0 Å². The molecule has 0 unspecified atom stereocenters. The second-order valence-electron chi connectivity index (χ2n) is 4.99. The van der Waals surface area contributed by atoms with Crippen LogP contribution in [-0.4, -0.2) is 46.8 Å². The lowest BCUT2D eigenvalue weighted by Gasteiger charge is -2.30. The minimum atomic E-state index is -0.377. The third kappa shape index (κ3) is 3.92. The number of β-amino-alcohol motifs (C(OH)–C–C–N with tert-alkyl or cyclic N) is 1. The first-order chi connectivity index (χ1) is 9.16. The number of carbonyl (C=O) groups is 1. The third-order valence-electron chi connectivity index (χ3n) is 3.44. The van der Waals surface area contributed by atoms with E-state index in [-0.39, 0.29) is 12.1 Å². The number of aliphatic hydroxyl groups is 1. The Kier molecular flexibility index (Phi) is 4.74. The highest BCUT2D eigenvalue weighted by atomic mass is 16.3. The van der Waals surface area contributed by atoms with E-state index in [9.17, 15) is 9.90 Å². The van der Waals surface area contributed by atoms with E-state index in [1.165, 1.54) is 0 Å². The Morgan fingerprint density at radius 1 is 1.63 bits per heavy atom. The van der Waals surface area contributed by atoms with Crippen LogP contribution in [0, 0.1) is 6.92 Å². The Hall–Kier alpha value is -1.62. The molecular formula is C14H21N3O2. The number of likely N-dealkylation sites (tertiary alicyclic amines) is 1. The summed E-state index contributed by atoms with van der Waals surface area (Å²) in [5, 5.41) is 12.4. The maximum absolute atomic E-state index is 11.9. The molecule has 1 aromatic rings. The van der Waals surface area contributed by atoms with Crippen LogP contribution in [0.3, 0.4) is 0 Å². The van der Waals surface area contributed by atoms with Gasteiger partial charge in [0, 0.05) is 37.9 Å². The molecule has 104 valence electrons. The molecule has 5 heteroatoms. The summed E-state index contributed by atoms with van der Waals surface area (Å²) in [6.45, 7) is 3.76. The molecule has 0 aromatic carbocycles. The molecule has 19 heavy (non-hydrogen) atoms. The van der Waals surface area contributed by atoms with E-state index < -0.39 is 0 Å². The smallest absolute Gasteiger partial charge is 0.317 e. The molecule has 2 N–H and O–H groups in total. The maximum Gasteiger partial charge on any atom is 0.317 e. The predicted molar refractivity (Wildman–Crippen MR) is 72.9 cm³/mol. The van der Waals surface area contributed by atoms with Crippen LogP contribution in [0.1, 0.15) is 24.1 Å². The van der Waals surface area contributed by atoms with Crippen molar-refractivity contribution in [2.45, 2.75) is 32.3 Å². The van der Waals surface area contributed by atoms with E-state index in [2.05, 4.69) is 10.3 Å². The number of aromatic nitrogens is 1. The van der Waals surface area contributed by atoms with E-state index in [0.29, 0.717) is 13.1 Å². The van der Waals surface area contributed by atoms with Gasteiger partial charge in [-0.2, -0.15) is 0 Å². The molecule has 2 heterocycles. The van der Waals surface area contributed by atoms with Gasteiger partial charge in [-0.05, 0) is 31.4 Å². The number of urea groups is 1. The lowest BCUT2D eigenvalue weighted by Crippen LogP contribution is -2.47.